The summed E-state index contributed by atoms with van der Waals surface area (Å²) in [6, 6.07) is 8.22. The third-order valence-electron chi connectivity index (χ3n) is 10.7. The third kappa shape index (κ3) is 5.41. The maximum absolute atomic E-state index is 13.8. The summed E-state index contributed by atoms with van der Waals surface area (Å²) in [6.45, 7) is 4.64. The van der Waals surface area contributed by atoms with Crippen LogP contribution in [0.3, 0.4) is 0 Å². The summed E-state index contributed by atoms with van der Waals surface area (Å²) in [7, 11) is 0. The fourth-order valence-corrected chi connectivity index (χ4v) is 9.66. The zero-order chi connectivity index (χ0) is 31.9. The van der Waals surface area contributed by atoms with Crippen LogP contribution < -0.4 is 5.32 Å². The van der Waals surface area contributed by atoms with E-state index in [0.29, 0.717) is 12.8 Å². The molecule has 0 spiro atoms. The third-order valence-corrected chi connectivity index (χ3v) is 11.6. The fraction of sp³-hybridized carbons (Fsp3) is 0.545. The fourth-order valence-electron chi connectivity index (χ4n) is 8.86. The van der Waals surface area contributed by atoms with Crippen LogP contribution in [0, 0.1) is 51.1 Å². The Labute approximate surface area is 260 Å². The molecule has 4 aliphatic rings. The summed E-state index contributed by atoms with van der Waals surface area (Å²) >= 11 is 0.815. The lowest BCUT2D eigenvalue weighted by molar-refractivity contribution is -0.513. The van der Waals surface area contributed by atoms with Crippen molar-refractivity contribution in [1.82, 2.24) is 0 Å². The second kappa shape index (κ2) is 12.2. The van der Waals surface area contributed by atoms with Gasteiger partial charge in [0, 0.05) is 36.3 Å². The average Bonchev–Trinajstić information content (AvgIpc) is 3.27. The Bertz CT molecular complexity index is 1470. The number of halogens is 1. The van der Waals surface area contributed by atoms with Gasteiger partial charge in [0.25, 0.3) is 0 Å². The minimum Gasteiger partial charge on any atom is -0.454 e. The highest BCUT2D eigenvalue weighted by atomic mass is 32.2. The smallest absolute Gasteiger partial charge is 0.345 e. The molecular formula is C33H39FN3O6S+. The Balaban J connectivity index is 1.46. The molecular weight excluding hydrogens is 585 g/mol. The number of fused-ring (bicyclic) bond motifs is 5. The molecule has 7 atom stereocenters. The molecule has 1 aromatic carbocycles. The van der Waals surface area contributed by atoms with Gasteiger partial charge in [0.1, 0.15) is 17.2 Å². The van der Waals surface area contributed by atoms with Crippen LogP contribution in [-0.4, -0.2) is 52.4 Å². The Morgan fingerprint density at radius 1 is 1.25 bits per heavy atom. The number of benzene rings is 1. The first-order valence-corrected chi connectivity index (χ1v) is 16.0. The van der Waals surface area contributed by atoms with E-state index in [1.165, 1.54) is 30.8 Å². The van der Waals surface area contributed by atoms with E-state index >= 15 is 0 Å². The molecule has 0 bridgehead atoms. The van der Waals surface area contributed by atoms with Crippen molar-refractivity contribution in [2.24, 2.45) is 28.6 Å². The molecule has 5 rings (SSSR count). The summed E-state index contributed by atoms with van der Waals surface area (Å²) in [5, 5.41) is 31.0. The lowest BCUT2D eigenvalue weighted by Gasteiger charge is -2.60. The van der Waals surface area contributed by atoms with Gasteiger partial charge >= 0.3 is 11.9 Å². The summed E-state index contributed by atoms with van der Waals surface area (Å²) in [5.74, 6) is -2.03. The highest BCUT2D eigenvalue weighted by molar-refractivity contribution is 8.14. The van der Waals surface area contributed by atoms with Crippen LogP contribution >= 0.6 is 11.8 Å². The second-order valence-corrected chi connectivity index (χ2v) is 13.9. The summed E-state index contributed by atoms with van der Waals surface area (Å²) in [5.41, 5.74) is 0.910. The number of ether oxygens (including phenoxy) is 2. The minimum atomic E-state index is -1.57. The number of esters is 2. The second-order valence-electron chi connectivity index (χ2n) is 13.0. The van der Waals surface area contributed by atoms with Gasteiger partial charge in [-0.2, -0.15) is 5.26 Å². The van der Waals surface area contributed by atoms with Gasteiger partial charge in [0.15, 0.2) is 12.2 Å². The Kier molecular flexibility index (Phi) is 8.91. The first kappa shape index (κ1) is 32.1. The molecule has 0 amide bonds. The van der Waals surface area contributed by atoms with Crippen LogP contribution in [0.5, 0.6) is 0 Å². The molecule has 44 heavy (non-hydrogen) atoms. The Morgan fingerprint density at radius 2 is 1.98 bits per heavy atom. The number of nitrogens with zero attached hydrogens (tertiary/aromatic N) is 1. The van der Waals surface area contributed by atoms with Gasteiger partial charge in [0.2, 0.25) is 5.12 Å². The predicted molar refractivity (Wildman–Crippen MR) is 161 cm³/mol. The number of hydrogen-bond donors (Lipinski definition) is 3. The molecule has 0 aliphatic heterocycles. The van der Waals surface area contributed by atoms with E-state index in [2.05, 4.69) is 13.0 Å². The summed E-state index contributed by atoms with van der Waals surface area (Å²) < 4.78 is 24.3. The van der Waals surface area contributed by atoms with E-state index in [4.69, 9.17) is 14.9 Å². The van der Waals surface area contributed by atoms with Gasteiger partial charge in [-0.05, 0) is 79.9 Å². The highest BCUT2D eigenvalue weighted by Gasteiger charge is 2.70. The topological polar surface area (TPSA) is 154 Å². The number of rotatable bonds is 8. The number of carbonyl (C=O) groups is 3. The molecule has 2 unspecified atom stereocenters. The van der Waals surface area contributed by atoms with Crippen LogP contribution in [0.25, 0.3) is 0 Å². The van der Waals surface area contributed by atoms with Crippen molar-refractivity contribution in [3.8, 4) is 6.07 Å². The Hall–Kier alpha value is -3.33. The first-order valence-electron chi connectivity index (χ1n) is 15.0. The first-order chi connectivity index (χ1) is 20.9. The SMILES string of the molecule is CC(=O)OCC(=O)O[C@]1(C(=O)SCC#N)CCC2[C@@H]3CCC4=CC([NH2+]c5ccc(F)cc5)=C(C=N)C[C@]4(C)C3[C@@H](O)C[C@@]21C. The van der Waals surface area contributed by atoms with Gasteiger partial charge in [-0.15, -0.1) is 0 Å². The monoisotopic (exact) mass is 624 g/mol. The van der Waals surface area contributed by atoms with Crippen molar-refractivity contribution in [1.29, 1.82) is 10.7 Å². The van der Waals surface area contributed by atoms with E-state index in [1.54, 1.807) is 12.1 Å². The summed E-state index contributed by atoms with van der Waals surface area (Å²) in [4.78, 5) is 38.0. The molecule has 4 N–H and O–H groups in total. The molecule has 234 valence electrons. The molecule has 3 saturated carbocycles. The maximum Gasteiger partial charge on any atom is 0.345 e. The highest BCUT2D eigenvalue weighted by Crippen LogP contribution is 2.69. The van der Waals surface area contributed by atoms with Crippen molar-refractivity contribution < 1.29 is 38.7 Å². The number of hydrogen-bond acceptors (Lipinski definition) is 9. The van der Waals surface area contributed by atoms with E-state index in [-0.39, 0.29) is 42.2 Å². The molecule has 9 nitrogen and oxygen atoms in total. The van der Waals surface area contributed by atoms with E-state index in [0.717, 1.165) is 41.6 Å². The lowest BCUT2D eigenvalue weighted by Crippen LogP contribution is -2.76. The minimum absolute atomic E-state index is 0.0309. The number of allylic oxidation sites excluding steroid dienone is 3. The molecule has 0 aromatic heterocycles. The number of nitrogens with two attached hydrogens (primary N) is 1. The lowest BCUT2D eigenvalue weighted by atomic mass is 9.45. The molecule has 4 aliphatic carbocycles. The van der Waals surface area contributed by atoms with Crippen molar-refractivity contribution in [2.45, 2.75) is 71.0 Å². The van der Waals surface area contributed by atoms with E-state index in [9.17, 15) is 29.1 Å². The normalized spacial score (nSPS) is 34.0. The van der Waals surface area contributed by atoms with Gasteiger partial charge in [0.05, 0.1) is 17.9 Å². The number of quaternary nitrogens is 1. The van der Waals surface area contributed by atoms with Crippen molar-refractivity contribution in [2.75, 3.05) is 12.4 Å². The number of nitrogens with one attached hydrogen (secondary N) is 1. The number of carbonyl (C=O) groups excluding carboxylic acids is 3. The number of thioether (sulfide) groups is 1. The number of nitriles is 1. The zero-order valence-corrected chi connectivity index (χ0v) is 26.0. The number of aliphatic hydroxyl groups is 1. The van der Waals surface area contributed by atoms with Gasteiger partial charge in [-0.25, -0.2) is 9.18 Å². The molecule has 0 saturated heterocycles. The average molecular weight is 625 g/mol. The Morgan fingerprint density at radius 3 is 2.64 bits per heavy atom. The zero-order valence-electron chi connectivity index (χ0n) is 25.2. The molecule has 3 fully saturated rings. The molecule has 0 radical (unpaired) electrons. The van der Waals surface area contributed by atoms with Crippen LogP contribution in [0.15, 0.2) is 47.2 Å². The van der Waals surface area contributed by atoms with Gasteiger partial charge in [-0.3, -0.25) is 14.9 Å². The molecule has 0 heterocycles. The van der Waals surface area contributed by atoms with Gasteiger partial charge in [-0.1, -0.05) is 31.2 Å². The van der Waals surface area contributed by atoms with Crippen LogP contribution in [0.4, 0.5) is 10.1 Å². The van der Waals surface area contributed by atoms with E-state index in [1.807, 2.05) is 18.3 Å². The quantitative estimate of drug-likeness (QED) is 0.222. The van der Waals surface area contributed by atoms with Crippen molar-refractivity contribution in [3.63, 3.8) is 0 Å². The van der Waals surface area contributed by atoms with Crippen molar-refractivity contribution in [3.05, 3.63) is 53.0 Å². The maximum atomic E-state index is 13.8. The van der Waals surface area contributed by atoms with Gasteiger partial charge < -0.3 is 20.0 Å². The molecule has 11 heteroatoms. The van der Waals surface area contributed by atoms with Crippen LogP contribution in [-0.2, 0) is 23.9 Å². The standard InChI is InChI=1S/C33H38FN3O6S/c1-19(38)42-18-28(40)43-33(30(41)44-13-12-35)11-10-25-24-9-4-21-14-26(37-23-7-5-22(34)6-8-23)20(17-36)15-31(21,2)29(24)27(39)16-32(25,33)3/h5-8,14,17,24-25,27,29,36-37,39H,4,9-11,13,15-16,18H2,1-3H3/p+1/t24-,25?,27-,29?,31-,32-,33-/m0/s1. The number of aliphatic hydroxyl groups excluding tert-OH is 1. The van der Waals surface area contributed by atoms with Crippen LogP contribution in [0.1, 0.15) is 59.3 Å². The van der Waals surface area contributed by atoms with Crippen LogP contribution in [0.2, 0.25) is 0 Å². The largest absolute Gasteiger partial charge is 0.454 e. The van der Waals surface area contributed by atoms with E-state index < -0.39 is 46.2 Å². The predicted octanol–water partition coefficient (Wildman–Crippen LogP) is 4.10. The summed E-state index contributed by atoms with van der Waals surface area (Å²) in [6.07, 6.45) is 5.89. The van der Waals surface area contributed by atoms with Crippen molar-refractivity contribution >= 4 is 40.7 Å². The molecule has 1 aromatic rings.